The Bertz CT molecular complexity index is 1310. The zero-order valence-corrected chi connectivity index (χ0v) is 20.2. The number of phenolic OH excluding ortho intramolecular Hbond substituents is 1. The zero-order valence-electron chi connectivity index (χ0n) is 18.0. The molecule has 3 aromatic carbocycles. The summed E-state index contributed by atoms with van der Waals surface area (Å²) in [6.07, 6.45) is 2.86. The number of aryl methyl sites for hydroxylation is 1. The van der Waals surface area contributed by atoms with Gasteiger partial charge in [0.1, 0.15) is 11.4 Å². The van der Waals surface area contributed by atoms with Gasteiger partial charge in [0.2, 0.25) is 6.79 Å². The number of nitrogens with zero attached hydrogens (tertiary/aromatic N) is 1. The molecule has 8 nitrogen and oxygen atoms in total. The monoisotopic (exact) mass is 569 g/mol. The molecule has 3 N–H and O–H groups in total. The van der Waals surface area contributed by atoms with Crippen molar-refractivity contribution in [2.45, 2.75) is 6.92 Å². The number of carbonyl (C=O) groups is 2. The quantitative estimate of drug-likeness (QED) is 0.180. The summed E-state index contributed by atoms with van der Waals surface area (Å²) in [5.74, 6) is 0.142. The molecule has 0 saturated heterocycles. The summed E-state index contributed by atoms with van der Waals surface area (Å²) in [6, 6.07) is 17.3. The molecule has 0 aliphatic carbocycles. The molecule has 172 valence electrons. The molecule has 0 spiro atoms. The van der Waals surface area contributed by atoms with E-state index < -0.39 is 11.8 Å². The van der Waals surface area contributed by atoms with Gasteiger partial charge in [0.25, 0.3) is 11.8 Å². The average Bonchev–Trinajstić information content (AvgIpc) is 3.30. The third-order valence-electron chi connectivity index (χ3n) is 4.90. The van der Waals surface area contributed by atoms with Crippen molar-refractivity contribution in [1.82, 2.24) is 10.7 Å². The summed E-state index contributed by atoms with van der Waals surface area (Å²) < 4.78 is 11.6. The number of carbonyl (C=O) groups excluding carboxylic acids is 2. The van der Waals surface area contributed by atoms with Crippen molar-refractivity contribution in [1.29, 1.82) is 0 Å². The number of hydrazone groups is 1. The number of amides is 2. The second kappa shape index (κ2) is 10.4. The Morgan fingerprint density at radius 3 is 2.62 bits per heavy atom. The lowest BCUT2D eigenvalue weighted by Gasteiger charge is -2.10. The van der Waals surface area contributed by atoms with Crippen LogP contribution in [0.3, 0.4) is 0 Å². The molecule has 3 aromatic rings. The number of rotatable bonds is 6. The third-order valence-corrected chi connectivity index (χ3v) is 5.52. The summed E-state index contributed by atoms with van der Waals surface area (Å²) in [4.78, 5) is 25.6. The van der Waals surface area contributed by atoms with Crippen LogP contribution in [-0.4, -0.2) is 29.9 Å². The van der Waals surface area contributed by atoms with Gasteiger partial charge in [-0.05, 0) is 83.1 Å². The summed E-state index contributed by atoms with van der Waals surface area (Å²) in [5.41, 5.74) is 4.56. The van der Waals surface area contributed by atoms with Gasteiger partial charge in [-0.3, -0.25) is 9.59 Å². The molecule has 2 amide bonds. The smallest absolute Gasteiger partial charge is 0.287 e. The van der Waals surface area contributed by atoms with Crippen molar-refractivity contribution in [3.05, 3.63) is 92.2 Å². The first-order chi connectivity index (χ1) is 16.4. The lowest BCUT2D eigenvalue weighted by molar-refractivity contribution is -0.117. The molecular weight excluding hydrogens is 549 g/mol. The summed E-state index contributed by atoms with van der Waals surface area (Å²) in [7, 11) is 0. The van der Waals surface area contributed by atoms with E-state index in [9.17, 15) is 14.7 Å². The highest BCUT2D eigenvalue weighted by molar-refractivity contribution is 14.1. The second-order valence-electron chi connectivity index (χ2n) is 7.35. The van der Waals surface area contributed by atoms with Crippen LogP contribution in [0, 0.1) is 10.5 Å². The zero-order chi connectivity index (χ0) is 24.1. The minimum atomic E-state index is -0.639. The molecule has 1 aliphatic rings. The normalized spacial score (nSPS) is 12.6. The maximum atomic E-state index is 12.9. The number of aromatic hydroxyl groups is 1. The molecular formula is C25H20IN3O5. The molecule has 9 heteroatoms. The summed E-state index contributed by atoms with van der Waals surface area (Å²) in [6.45, 7) is 1.90. The van der Waals surface area contributed by atoms with E-state index >= 15 is 0 Å². The van der Waals surface area contributed by atoms with Crippen molar-refractivity contribution < 1.29 is 24.2 Å². The maximum Gasteiger partial charge on any atom is 0.287 e. The van der Waals surface area contributed by atoms with Crippen molar-refractivity contribution in [2.75, 3.05) is 6.79 Å². The Hall–Kier alpha value is -3.86. The Labute approximate surface area is 209 Å². The standard InChI is InChI=1S/C25H20IN3O5/c1-15-9-19(26)12-18(23(15)30)13-27-29-25(32)20(28-24(31)17-5-3-2-4-6-17)10-16-7-8-21-22(11-16)34-14-33-21/h2-13,30H,14H2,1H3,(H,28,31)(H,29,32)/b20-10+,27-13+. The lowest BCUT2D eigenvalue weighted by atomic mass is 10.1. The molecule has 0 saturated carbocycles. The molecule has 0 fully saturated rings. The van der Waals surface area contributed by atoms with Crippen molar-refractivity contribution >= 4 is 46.7 Å². The van der Waals surface area contributed by atoms with Gasteiger partial charge in [0.05, 0.1) is 6.21 Å². The van der Waals surface area contributed by atoms with Crippen LogP contribution in [0.2, 0.25) is 0 Å². The number of halogens is 1. The van der Waals surface area contributed by atoms with E-state index in [1.54, 1.807) is 61.5 Å². The molecule has 0 aromatic heterocycles. The number of ether oxygens (including phenoxy) is 2. The molecule has 0 bridgehead atoms. The number of benzene rings is 3. The Morgan fingerprint density at radius 2 is 1.82 bits per heavy atom. The van der Waals surface area contributed by atoms with Crippen LogP contribution in [0.4, 0.5) is 0 Å². The first-order valence-corrected chi connectivity index (χ1v) is 11.3. The van der Waals surface area contributed by atoms with E-state index in [1.165, 1.54) is 12.3 Å². The van der Waals surface area contributed by atoms with Gasteiger partial charge in [-0.2, -0.15) is 5.10 Å². The molecule has 0 atom stereocenters. The predicted molar refractivity (Wildman–Crippen MR) is 136 cm³/mol. The molecule has 4 rings (SSSR count). The summed E-state index contributed by atoms with van der Waals surface area (Å²) in [5, 5.41) is 16.8. The van der Waals surface area contributed by atoms with Gasteiger partial charge in [0.15, 0.2) is 11.5 Å². The number of hydrogen-bond donors (Lipinski definition) is 3. The van der Waals surface area contributed by atoms with E-state index in [1.807, 2.05) is 6.07 Å². The topological polar surface area (TPSA) is 109 Å². The van der Waals surface area contributed by atoms with E-state index in [0.29, 0.717) is 33.8 Å². The highest BCUT2D eigenvalue weighted by atomic mass is 127. The van der Waals surface area contributed by atoms with E-state index in [0.717, 1.165) is 3.57 Å². The highest BCUT2D eigenvalue weighted by Gasteiger charge is 2.17. The fourth-order valence-electron chi connectivity index (χ4n) is 3.19. The third kappa shape index (κ3) is 5.54. The van der Waals surface area contributed by atoms with Crippen molar-refractivity contribution in [2.24, 2.45) is 5.10 Å². The van der Waals surface area contributed by atoms with Crippen LogP contribution in [0.25, 0.3) is 6.08 Å². The maximum absolute atomic E-state index is 12.9. The van der Waals surface area contributed by atoms with E-state index in [-0.39, 0.29) is 18.2 Å². The van der Waals surface area contributed by atoms with Crippen LogP contribution in [0.15, 0.2) is 71.5 Å². The van der Waals surface area contributed by atoms with Gasteiger partial charge >= 0.3 is 0 Å². The number of phenols is 1. The van der Waals surface area contributed by atoms with E-state index in [4.69, 9.17) is 9.47 Å². The van der Waals surface area contributed by atoms with Gasteiger partial charge in [-0.25, -0.2) is 5.43 Å². The van der Waals surface area contributed by atoms with Gasteiger partial charge in [-0.15, -0.1) is 0 Å². The van der Waals surface area contributed by atoms with Crippen LogP contribution >= 0.6 is 22.6 Å². The van der Waals surface area contributed by atoms with Crippen LogP contribution in [0.5, 0.6) is 17.2 Å². The predicted octanol–water partition coefficient (Wildman–Crippen LogP) is 3.96. The first kappa shape index (κ1) is 23.3. The Kier molecular flexibility index (Phi) is 7.12. The second-order valence-corrected chi connectivity index (χ2v) is 8.60. The largest absolute Gasteiger partial charge is 0.507 e. The Balaban J connectivity index is 1.58. The summed E-state index contributed by atoms with van der Waals surface area (Å²) >= 11 is 2.13. The van der Waals surface area contributed by atoms with Crippen molar-refractivity contribution in [3.8, 4) is 17.2 Å². The minimum Gasteiger partial charge on any atom is -0.507 e. The van der Waals surface area contributed by atoms with Gasteiger partial charge in [-0.1, -0.05) is 24.3 Å². The first-order valence-electron chi connectivity index (χ1n) is 10.2. The molecule has 1 aliphatic heterocycles. The van der Waals surface area contributed by atoms with Crippen LogP contribution in [-0.2, 0) is 4.79 Å². The Morgan fingerprint density at radius 1 is 1.06 bits per heavy atom. The fourth-order valence-corrected chi connectivity index (χ4v) is 4.00. The van der Waals surface area contributed by atoms with Gasteiger partial charge < -0.3 is 19.9 Å². The number of hydrogen-bond acceptors (Lipinski definition) is 6. The highest BCUT2D eigenvalue weighted by Crippen LogP contribution is 2.33. The fraction of sp³-hybridized carbons (Fsp3) is 0.0800. The van der Waals surface area contributed by atoms with Gasteiger partial charge in [0, 0.05) is 14.7 Å². The molecule has 0 unspecified atom stereocenters. The molecule has 34 heavy (non-hydrogen) atoms. The number of fused-ring (bicyclic) bond motifs is 1. The molecule has 1 heterocycles. The van der Waals surface area contributed by atoms with E-state index in [2.05, 4.69) is 38.4 Å². The number of nitrogens with one attached hydrogen (secondary N) is 2. The van der Waals surface area contributed by atoms with Crippen LogP contribution < -0.4 is 20.2 Å². The SMILES string of the molecule is Cc1cc(I)cc(/C=N/NC(=O)/C(=C\c2ccc3c(c2)OCO3)NC(=O)c2ccccc2)c1O. The minimum absolute atomic E-state index is 0.0205. The van der Waals surface area contributed by atoms with Crippen LogP contribution in [0.1, 0.15) is 27.0 Å². The lowest BCUT2D eigenvalue weighted by Crippen LogP contribution is -2.32. The van der Waals surface area contributed by atoms with Crippen molar-refractivity contribution in [3.63, 3.8) is 0 Å². The average molecular weight is 569 g/mol. The molecule has 0 radical (unpaired) electrons.